The van der Waals surface area contributed by atoms with Gasteiger partial charge in [-0.3, -0.25) is 9.78 Å². The molecule has 32 heavy (non-hydrogen) atoms. The summed E-state index contributed by atoms with van der Waals surface area (Å²) in [6.45, 7) is 3.11. The highest BCUT2D eigenvalue weighted by atomic mass is 16.3. The number of aliphatic hydroxyl groups is 1. The molecular formula is C23H28N6O3. The Morgan fingerprint density at radius 1 is 1.28 bits per heavy atom. The molecule has 1 amide bonds. The Balaban J connectivity index is 1.65. The molecule has 3 heterocycles. The molecule has 4 rings (SSSR count). The van der Waals surface area contributed by atoms with Gasteiger partial charge in [0.15, 0.2) is 5.69 Å². The monoisotopic (exact) mass is 436 g/mol. The number of hydrogen-bond acceptors (Lipinski definition) is 8. The van der Waals surface area contributed by atoms with Gasteiger partial charge in [-0.05, 0) is 37.6 Å². The molecule has 0 bridgehead atoms. The van der Waals surface area contributed by atoms with Crippen LogP contribution in [-0.4, -0.2) is 61.3 Å². The Morgan fingerprint density at radius 3 is 2.75 bits per heavy atom. The summed E-state index contributed by atoms with van der Waals surface area (Å²) in [6.07, 6.45) is 3.34. The molecule has 2 aromatic heterocycles. The first kappa shape index (κ1) is 21.6. The van der Waals surface area contributed by atoms with Gasteiger partial charge in [-0.2, -0.15) is 0 Å². The molecule has 0 saturated carbocycles. The van der Waals surface area contributed by atoms with Crippen molar-refractivity contribution in [2.24, 2.45) is 0 Å². The number of hydrogen-bond donors (Lipinski definition) is 3. The van der Waals surface area contributed by atoms with E-state index in [1.807, 2.05) is 51.2 Å². The SMILES string of the molecule is CNc1cc(NC(=O)c2coc(-c3ccnc(C)c3)n2)c(N2CC[C@@H](O)C2)cc1N(C)C. The van der Waals surface area contributed by atoms with E-state index in [0.29, 0.717) is 31.1 Å². The van der Waals surface area contributed by atoms with E-state index < -0.39 is 0 Å². The van der Waals surface area contributed by atoms with Gasteiger partial charge < -0.3 is 30.0 Å². The van der Waals surface area contributed by atoms with Crippen molar-refractivity contribution >= 4 is 28.7 Å². The molecule has 3 aromatic rings. The fourth-order valence-corrected chi connectivity index (χ4v) is 3.85. The number of nitrogens with zero attached hydrogens (tertiary/aromatic N) is 4. The summed E-state index contributed by atoms with van der Waals surface area (Å²) in [5.41, 5.74) is 5.14. The Bertz CT molecular complexity index is 1130. The van der Waals surface area contributed by atoms with Gasteiger partial charge in [0, 0.05) is 51.7 Å². The first-order valence-corrected chi connectivity index (χ1v) is 10.5. The second-order valence-corrected chi connectivity index (χ2v) is 8.10. The molecule has 0 spiro atoms. The zero-order valence-electron chi connectivity index (χ0n) is 18.7. The second-order valence-electron chi connectivity index (χ2n) is 8.10. The highest BCUT2D eigenvalue weighted by Gasteiger charge is 2.25. The number of oxazole rings is 1. The van der Waals surface area contributed by atoms with Crippen LogP contribution in [0.15, 0.2) is 41.1 Å². The van der Waals surface area contributed by atoms with Crippen molar-refractivity contribution in [2.75, 3.05) is 54.7 Å². The topological polar surface area (TPSA) is 107 Å². The minimum Gasteiger partial charge on any atom is -0.444 e. The van der Waals surface area contributed by atoms with E-state index in [0.717, 1.165) is 28.3 Å². The average Bonchev–Trinajstić information content (AvgIpc) is 3.43. The molecule has 1 atom stereocenters. The number of pyridine rings is 1. The van der Waals surface area contributed by atoms with Crippen LogP contribution in [0.1, 0.15) is 22.6 Å². The van der Waals surface area contributed by atoms with Crippen molar-refractivity contribution in [1.29, 1.82) is 0 Å². The number of nitrogens with one attached hydrogen (secondary N) is 2. The Morgan fingerprint density at radius 2 is 2.09 bits per heavy atom. The van der Waals surface area contributed by atoms with Crippen LogP contribution in [0.25, 0.3) is 11.5 Å². The van der Waals surface area contributed by atoms with E-state index >= 15 is 0 Å². The molecule has 9 nitrogen and oxygen atoms in total. The standard InChI is InChI=1S/C23H28N6O3/c1-14-9-15(5-7-25-14)23-27-19(13-32-23)22(31)26-18-10-17(24-2)20(28(3)4)11-21(18)29-8-6-16(30)12-29/h5,7,9-11,13,16,24,30H,6,8,12H2,1-4H3,(H,26,31)/t16-/m1/s1. The van der Waals surface area contributed by atoms with Crippen LogP contribution < -0.4 is 20.4 Å². The molecule has 9 heteroatoms. The zero-order chi connectivity index (χ0) is 22.8. The Labute approximate surface area is 187 Å². The van der Waals surface area contributed by atoms with Crippen molar-refractivity contribution in [2.45, 2.75) is 19.4 Å². The lowest BCUT2D eigenvalue weighted by Gasteiger charge is -2.26. The third-order valence-electron chi connectivity index (χ3n) is 5.50. The number of benzene rings is 1. The van der Waals surface area contributed by atoms with Crippen LogP contribution in [0.5, 0.6) is 0 Å². The van der Waals surface area contributed by atoms with Crippen molar-refractivity contribution in [3.05, 3.63) is 48.1 Å². The molecular weight excluding hydrogens is 408 g/mol. The maximum atomic E-state index is 13.0. The van der Waals surface area contributed by atoms with Crippen LogP contribution in [0.3, 0.4) is 0 Å². The number of amides is 1. The zero-order valence-corrected chi connectivity index (χ0v) is 18.7. The fourth-order valence-electron chi connectivity index (χ4n) is 3.85. The van der Waals surface area contributed by atoms with Crippen LogP contribution in [0.2, 0.25) is 0 Å². The minimum atomic E-state index is -0.382. The van der Waals surface area contributed by atoms with Gasteiger partial charge in [0.2, 0.25) is 5.89 Å². The molecule has 1 aliphatic heterocycles. The number of β-amino-alcohol motifs (C(OH)–C–C–N with tert-alkyl or cyclic N) is 1. The largest absolute Gasteiger partial charge is 0.444 e. The van der Waals surface area contributed by atoms with E-state index in [1.54, 1.807) is 12.3 Å². The maximum absolute atomic E-state index is 13.0. The first-order valence-electron chi connectivity index (χ1n) is 10.5. The highest BCUT2D eigenvalue weighted by molar-refractivity contribution is 6.06. The van der Waals surface area contributed by atoms with Crippen LogP contribution >= 0.6 is 0 Å². The average molecular weight is 437 g/mol. The minimum absolute atomic E-state index is 0.185. The Kier molecular flexibility index (Phi) is 6.00. The third-order valence-corrected chi connectivity index (χ3v) is 5.50. The van der Waals surface area contributed by atoms with Crippen molar-refractivity contribution in [3.8, 4) is 11.5 Å². The summed E-state index contributed by atoms with van der Waals surface area (Å²) >= 11 is 0. The summed E-state index contributed by atoms with van der Waals surface area (Å²) in [5, 5.41) is 16.2. The lowest BCUT2D eigenvalue weighted by Crippen LogP contribution is -2.24. The van der Waals surface area contributed by atoms with Crippen LogP contribution in [-0.2, 0) is 0 Å². The molecule has 3 N–H and O–H groups in total. The smallest absolute Gasteiger partial charge is 0.277 e. The summed E-state index contributed by atoms with van der Waals surface area (Å²) < 4.78 is 5.54. The number of rotatable bonds is 6. The second kappa shape index (κ2) is 8.88. The maximum Gasteiger partial charge on any atom is 0.277 e. The van der Waals surface area contributed by atoms with Gasteiger partial charge in [-0.25, -0.2) is 4.98 Å². The summed E-state index contributed by atoms with van der Waals surface area (Å²) in [5.74, 6) is -0.00571. The third kappa shape index (κ3) is 4.38. The summed E-state index contributed by atoms with van der Waals surface area (Å²) in [7, 11) is 5.78. The number of carbonyl (C=O) groups excluding carboxylic acids is 1. The molecule has 0 aliphatic carbocycles. The molecule has 168 valence electrons. The van der Waals surface area contributed by atoms with Gasteiger partial charge >= 0.3 is 0 Å². The van der Waals surface area contributed by atoms with Crippen molar-refractivity contribution in [1.82, 2.24) is 9.97 Å². The predicted molar refractivity (Wildman–Crippen MR) is 126 cm³/mol. The Hall–Kier alpha value is -3.59. The van der Waals surface area contributed by atoms with E-state index in [9.17, 15) is 9.90 Å². The van der Waals surface area contributed by atoms with Gasteiger partial charge in [0.05, 0.1) is 28.9 Å². The quantitative estimate of drug-likeness (QED) is 0.541. The van der Waals surface area contributed by atoms with Gasteiger partial charge in [-0.15, -0.1) is 0 Å². The molecule has 1 fully saturated rings. The number of aryl methyl sites for hydroxylation is 1. The number of carbonyl (C=O) groups is 1. The molecule has 0 radical (unpaired) electrons. The van der Waals surface area contributed by atoms with Gasteiger partial charge in [0.1, 0.15) is 6.26 Å². The molecule has 0 unspecified atom stereocenters. The van der Waals surface area contributed by atoms with Crippen LogP contribution in [0, 0.1) is 6.92 Å². The number of aliphatic hydroxyl groups excluding tert-OH is 1. The van der Waals surface area contributed by atoms with Crippen LogP contribution in [0.4, 0.5) is 22.7 Å². The lowest BCUT2D eigenvalue weighted by atomic mass is 10.1. The number of anilines is 4. The molecule has 1 aliphatic rings. The number of aromatic nitrogens is 2. The van der Waals surface area contributed by atoms with E-state index in [-0.39, 0.29) is 17.7 Å². The van der Waals surface area contributed by atoms with Crippen molar-refractivity contribution < 1.29 is 14.3 Å². The molecule has 1 aromatic carbocycles. The van der Waals surface area contributed by atoms with Crippen molar-refractivity contribution in [3.63, 3.8) is 0 Å². The molecule has 1 saturated heterocycles. The lowest BCUT2D eigenvalue weighted by molar-refractivity contribution is 0.102. The highest BCUT2D eigenvalue weighted by Crippen LogP contribution is 2.38. The summed E-state index contributed by atoms with van der Waals surface area (Å²) in [6, 6.07) is 7.56. The van der Waals surface area contributed by atoms with Gasteiger partial charge in [-0.1, -0.05) is 0 Å². The first-order chi connectivity index (χ1) is 15.4. The summed E-state index contributed by atoms with van der Waals surface area (Å²) in [4.78, 5) is 25.7. The normalized spacial score (nSPS) is 15.7. The van der Waals surface area contributed by atoms with E-state index in [4.69, 9.17) is 4.42 Å². The van der Waals surface area contributed by atoms with Gasteiger partial charge in [0.25, 0.3) is 5.91 Å². The fraction of sp³-hybridized carbons (Fsp3) is 0.348. The predicted octanol–water partition coefficient (Wildman–Crippen LogP) is 2.98. The van der Waals surface area contributed by atoms with E-state index in [1.165, 1.54) is 6.26 Å². The van der Waals surface area contributed by atoms with E-state index in [2.05, 4.69) is 25.5 Å².